The molecule has 2 aliphatic rings. The molecule has 0 N–H and O–H groups in total. The van der Waals surface area contributed by atoms with Crippen LogP contribution in [0.15, 0.2) is 291 Å². The Morgan fingerprint density at radius 2 is 0.453 bits per heavy atom. The molecule has 0 saturated heterocycles. The van der Waals surface area contributed by atoms with Crippen molar-refractivity contribution < 1.29 is 0 Å². The summed E-state index contributed by atoms with van der Waals surface area (Å²) in [6, 6.07) is 109. The fourth-order valence-corrected chi connectivity index (χ4v) is 15.0. The number of hydrogen-bond acceptors (Lipinski definition) is 2. The van der Waals surface area contributed by atoms with E-state index in [1.54, 1.807) is 0 Å². The number of rotatable bonds is 6. The SMILES string of the molecule is CN1c2cc(-c3ccc(-c4c5ccccc5c(-c5ccc6ccccc6c5)c5ccccc45)cc3)ccc2-c2ccc3c4c(ccc1c24)N(C)c1cc(-c2ccc(-c4c5ccccc5c(-c5ccc6ccccc6c5)c5ccccc45)cc2)ccc1-3. The van der Waals surface area contributed by atoms with Gasteiger partial charge in [-0.25, -0.2) is 0 Å². The van der Waals surface area contributed by atoms with Gasteiger partial charge >= 0.3 is 0 Å². The van der Waals surface area contributed by atoms with E-state index in [2.05, 4.69) is 315 Å². The van der Waals surface area contributed by atoms with Gasteiger partial charge in [0.15, 0.2) is 0 Å². The molecule has 16 aromatic carbocycles. The molecular weight excluding hydrogens is 1040 g/mol. The van der Waals surface area contributed by atoms with E-state index in [9.17, 15) is 0 Å². The van der Waals surface area contributed by atoms with Crippen molar-refractivity contribution in [2.45, 2.75) is 0 Å². The molecule has 2 nitrogen and oxygen atoms in total. The average molecular weight is 1090 g/mol. The van der Waals surface area contributed by atoms with E-state index >= 15 is 0 Å². The molecule has 0 aromatic heterocycles. The molecule has 2 aliphatic heterocycles. The van der Waals surface area contributed by atoms with Crippen LogP contribution in [0.25, 0.3) is 164 Å². The van der Waals surface area contributed by atoms with Gasteiger partial charge in [-0.15, -0.1) is 0 Å². The molecule has 0 unspecified atom stereocenters. The lowest BCUT2D eigenvalue weighted by atomic mass is 9.83. The van der Waals surface area contributed by atoms with Crippen molar-refractivity contribution in [3.05, 3.63) is 291 Å². The lowest BCUT2D eigenvalue weighted by Crippen LogP contribution is -2.19. The van der Waals surface area contributed by atoms with Crippen LogP contribution in [-0.4, -0.2) is 14.1 Å². The zero-order valence-corrected chi connectivity index (χ0v) is 47.6. The lowest BCUT2D eigenvalue weighted by molar-refractivity contribution is 1.19. The molecule has 18 rings (SSSR count). The monoisotopic (exact) mass is 1090 g/mol. The Bertz CT molecular complexity index is 5100. The molecule has 2 heteroatoms. The Labute approximate surface area is 499 Å². The molecule has 0 aliphatic carbocycles. The Hall–Kier alpha value is -11.1. The topological polar surface area (TPSA) is 6.48 Å². The zero-order valence-electron chi connectivity index (χ0n) is 47.6. The van der Waals surface area contributed by atoms with Crippen molar-refractivity contribution >= 4 is 98.2 Å². The number of fused-ring (bicyclic) bond motifs is 10. The third kappa shape index (κ3) is 7.20. The Morgan fingerprint density at radius 1 is 0.186 bits per heavy atom. The van der Waals surface area contributed by atoms with Gasteiger partial charge < -0.3 is 9.80 Å². The van der Waals surface area contributed by atoms with Gasteiger partial charge in [0, 0.05) is 58.7 Å². The van der Waals surface area contributed by atoms with Crippen LogP contribution in [-0.2, 0) is 0 Å². The summed E-state index contributed by atoms with van der Waals surface area (Å²) < 4.78 is 0. The van der Waals surface area contributed by atoms with E-state index in [4.69, 9.17) is 0 Å². The summed E-state index contributed by atoms with van der Waals surface area (Å²) in [4.78, 5) is 4.82. The van der Waals surface area contributed by atoms with Gasteiger partial charge in [-0.2, -0.15) is 0 Å². The first-order chi connectivity index (χ1) is 42.5. The smallest absolute Gasteiger partial charge is 0.0496 e. The largest absolute Gasteiger partial charge is 0.344 e. The van der Waals surface area contributed by atoms with Crippen LogP contribution in [0.4, 0.5) is 22.7 Å². The van der Waals surface area contributed by atoms with Crippen molar-refractivity contribution in [3.8, 4) is 89.0 Å². The maximum Gasteiger partial charge on any atom is 0.0496 e. The first kappa shape index (κ1) is 48.5. The number of anilines is 4. The highest BCUT2D eigenvalue weighted by molar-refractivity contribution is 6.25. The van der Waals surface area contributed by atoms with Gasteiger partial charge in [0.05, 0.1) is 0 Å². The molecule has 2 heterocycles. The molecule has 0 radical (unpaired) electrons. The molecule has 0 spiro atoms. The summed E-state index contributed by atoms with van der Waals surface area (Å²) >= 11 is 0. The predicted molar refractivity (Wildman–Crippen MR) is 369 cm³/mol. The summed E-state index contributed by atoms with van der Waals surface area (Å²) in [6.07, 6.45) is 0. The average Bonchev–Trinajstić information content (AvgIpc) is 0.861. The Kier molecular flexibility index (Phi) is 10.6. The Balaban J connectivity index is 0.670. The molecule has 0 saturated carbocycles. The van der Waals surface area contributed by atoms with Crippen LogP contribution in [0.5, 0.6) is 0 Å². The summed E-state index contributed by atoms with van der Waals surface area (Å²) in [5.74, 6) is 0. The molecule has 0 amide bonds. The van der Waals surface area contributed by atoms with Gasteiger partial charge in [0.2, 0.25) is 0 Å². The number of hydrogen-bond donors (Lipinski definition) is 0. The van der Waals surface area contributed by atoms with Crippen LogP contribution in [0.2, 0.25) is 0 Å². The Morgan fingerprint density at radius 3 is 0.802 bits per heavy atom. The lowest BCUT2D eigenvalue weighted by Gasteiger charge is -2.36. The minimum Gasteiger partial charge on any atom is -0.344 e. The molecule has 400 valence electrons. The van der Waals surface area contributed by atoms with Crippen molar-refractivity contribution in [3.63, 3.8) is 0 Å². The van der Waals surface area contributed by atoms with Crippen LogP contribution in [0, 0.1) is 0 Å². The summed E-state index contributed by atoms with van der Waals surface area (Å²) in [5.41, 5.74) is 24.7. The molecule has 86 heavy (non-hydrogen) atoms. The van der Waals surface area contributed by atoms with Gasteiger partial charge in [-0.3, -0.25) is 0 Å². The van der Waals surface area contributed by atoms with Crippen molar-refractivity contribution in [2.24, 2.45) is 0 Å². The second-order valence-electron chi connectivity index (χ2n) is 23.6. The van der Waals surface area contributed by atoms with Gasteiger partial charge in [0.25, 0.3) is 0 Å². The minimum absolute atomic E-state index is 1.20. The second-order valence-corrected chi connectivity index (χ2v) is 23.6. The van der Waals surface area contributed by atoms with Crippen LogP contribution in [0.3, 0.4) is 0 Å². The molecule has 16 aromatic rings. The van der Waals surface area contributed by atoms with E-state index in [1.165, 1.54) is 187 Å². The maximum atomic E-state index is 2.41. The fraction of sp³-hybridized carbons (Fsp3) is 0.0238. The molecule has 0 atom stereocenters. The van der Waals surface area contributed by atoms with Gasteiger partial charge in [0.1, 0.15) is 0 Å². The second kappa shape index (κ2) is 18.7. The fourth-order valence-electron chi connectivity index (χ4n) is 15.0. The number of nitrogens with zero attached hydrogens (tertiary/aromatic N) is 2. The van der Waals surface area contributed by atoms with Gasteiger partial charge in [-0.1, -0.05) is 255 Å². The molecule has 0 fully saturated rings. The van der Waals surface area contributed by atoms with Crippen molar-refractivity contribution in [2.75, 3.05) is 23.9 Å². The number of benzene rings is 16. The highest BCUT2D eigenvalue weighted by Gasteiger charge is 2.31. The summed E-state index contributed by atoms with van der Waals surface area (Å²) in [6.45, 7) is 0. The van der Waals surface area contributed by atoms with E-state index in [0.29, 0.717) is 0 Å². The van der Waals surface area contributed by atoms with Crippen molar-refractivity contribution in [1.29, 1.82) is 0 Å². The van der Waals surface area contributed by atoms with Crippen molar-refractivity contribution in [1.82, 2.24) is 0 Å². The minimum atomic E-state index is 1.20. The highest BCUT2D eigenvalue weighted by Crippen LogP contribution is 2.57. The normalized spacial score (nSPS) is 12.5. The zero-order chi connectivity index (χ0) is 56.7. The van der Waals surface area contributed by atoms with Crippen LogP contribution >= 0.6 is 0 Å². The highest BCUT2D eigenvalue weighted by atomic mass is 15.1. The standard InChI is InChI=1S/C84H54N2/c1-85-75-45-46-76-84-74(64-42-40-60(50-78(64)86(76)2)54-29-35-56(36-30-54)80-67-21-9-13-25-71(67)82(72-26-14-10-22-68(72)80)62-38-32-52-16-4-6-18-58(52)48-62)44-43-73(83(75)84)63-41-39-59(49-77(63)85)53-27-33-55(34-28-53)79-65-19-7-11-23-69(65)81(70-24-12-8-20-66(70)79)61-37-31-51-15-3-5-17-57(51)47-61/h3-50H,1-2H3. The van der Waals surface area contributed by atoms with E-state index in [-0.39, 0.29) is 0 Å². The van der Waals surface area contributed by atoms with E-state index < -0.39 is 0 Å². The molecular formula is C84H54N2. The predicted octanol–water partition coefficient (Wildman–Crippen LogP) is 23.3. The molecule has 0 bridgehead atoms. The van der Waals surface area contributed by atoms with Crippen LogP contribution < -0.4 is 9.80 Å². The first-order valence-electron chi connectivity index (χ1n) is 29.9. The third-order valence-corrected chi connectivity index (χ3v) is 19.1. The third-order valence-electron chi connectivity index (χ3n) is 19.1. The van der Waals surface area contributed by atoms with Crippen LogP contribution in [0.1, 0.15) is 0 Å². The first-order valence-corrected chi connectivity index (χ1v) is 29.9. The maximum absolute atomic E-state index is 2.41. The van der Waals surface area contributed by atoms with E-state index in [0.717, 1.165) is 0 Å². The summed E-state index contributed by atoms with van der Waals surface area (Å²) in [7, 11) is 4.47. The summed E-state index contributed by atoms with van der Waals surface area (Å²) in [5, 5.41) is 17.7. The quantitative estimate of drug-likeness (QED) is 0.153. The van der Waals surface area contributed by atoms with Gasteiger partial charge in [-0.05, 0) is 179 Å². The van der Waals surface area contributed by atoms with E-state index in [1.807, 2.05) is 0 Å².